The lowest BCUT2D eigenvalue weighted by Gasteiger charge is -2.43. The molecular weight excluding hydrogens is 661 g/mol. The summed E-state index contributed by atoms with van der Waals surface area (Å²) in [6.07, 6.45) is -1.95. The molecule has 0 bridgehead atoms. The molecule has 1 unspecified atom stereocenters. The van der Waals surface area contributed by atoms with Crippen molar-refractivity contribution < 1.29 is 26.2 Å². The minimum Gasteiger partial charge on any atom is -0.414 e. The number of H-pyrrole nitrogens is 1. The van der Waals surface area contributed by atoms with Crippen molar-refractivity contribution >= 4 is 49.3 Å². The highest BCUT2D eigenvalue weighted by Crippen LogP contribution is 2.52. The first kappa shape index (κ1) is 31.7. The Morgan fingerprint density at radius 1 is 1.11 bits per heavy atom. The highest BCUT2D eigenvalue weighted by molar-refractivity contribution is 14.1. The fraction of sp³-hybridized carbons (Fsp3) is 0.739. The predicted molar refractivity (Wildman–Crippen MR) is 158 cm³/mol. The molecule has 3 heterocycles. The molecule has 0 aromatic carbocycles. The van der Waals surface area contributed by atoms with Gasteiger partial charge >= 0.3 is 5.69 Å². The third-order valence-corrected chi connectivity index (χ3v) is 19.0. The van der Waals surface area contributed by atoms with Crippen molar-refractivity contribution in [2.45, 2.75) is 102 Å². The normalized spacial score (nSPS) is 28.2. The summed E-state index contributed by atoms with van der Waals surface area (Å²) in [4.78, 5) is 27.4. The largest absolute Gasteiger partial charge is 0.414 e. The number of hydrogen-bond acceptors (Lipinski definition) is 9. The van der Waals surface area contributed by atoms with Crippen LogP contribution >= 0.6 is 22.6 Å². The smallest absolute Gasteiger partial charge is 0.330 e. The number of aromatic amines is 1. The van der Waals surface area contributed by atoms with E-state index in [9.17, 15) is 18.0 Å². The van der Waals surface area contributed by atoms with Crippen LogP contribution in [0.15, 0.2) is 26.9 Å². The average Bonchev–Trinajstić information content (AvgIpc) is 3.14. The SMILES string of the molecule is CC(C)(C)[Si](C)(C)OC[C@H]1O[C@@H](n2cc(I)c(=O)[nH]c2=O)[C@H](O[Si](C)(C)C(C)(C)C)C12OS(=O)(=O)C=C2N. The summed E-state index contributed by atoms with van der Waals surface area (Å²) in [6, 6.07) is 0. The molecule has 1 fully saturated rings. The monoisotopic (exact) mass is 701 g/mol. The van der Waals surface area contributed by atoms with Crippen LogP contribution in [0.25, 0.3) is 0 Å². The highest BCUT2D eigenvalue weighted by Gasteiger charge is 2.67. The third-order valence-electron chi connectivity index (χ3n) is 8.27. The Balaban J connectivity index is 2.24. The Hall–Kier alpha value is -0.826. The number of aromatic nitrogens is 2. The number of halogens is 1. The van der Waals surface area contributed by atoms with Gasteiger partial charge in [-0.25, -0.2) is 8.98 Å². The van der Waals surface area contributed by atoms with Gasteiger partial charge in [0, 0.05) is 6.20 Å². The molecule has 4 atom stereocenters. The maximum atomic E-state index is 13.0. The van der Waals surface area contributed by atoms with Crippen LogP contribution in [0.1, 0.15) is 47.8 Å². The Morgan fingerprint density at radius 2 is 1.66 bits per heavy atom. The van der Waals surface area contributed by atoms with Crippen molar-refractivity contribution in [3.05, 3.63) is 41.7 Å². The van der Waals surface area contributed by atoms with Gasteiger partial charge in [0.15, 0.2) is 28.5 Å². The van der Waals surface area contributed by atoms with E-state index in [1.807, 2.05) is 56.5 Å². The summed E-state index contributed by atoms with van der Waals surface area (Å²) in [7, 11) is -9.13. The third kappa shape index (κ3) is 5.66. The molecule has 1 aromatic heterocycles. The van der Waals surface area contributed by atoms with E-state index in [1.54, 1.807) is 0 Å². The highest BCUT2D eigenvalue weighted by atomic mass is 127. The lowest BCUT2D eigenvalue weighted by molar-refractivity contribution is -0.0563. The van der Waals surface area contributed by atoms with Gasteiger partial charge in [0.25, 0.3) is 15.7 Å². The number of rotatable bonds is 6. The molecule has 0 saturated carbocycles. The van der Waals surface area contributed by atoms with Gasteiger partial charge in [-0.1, -0.05) is 41.5 Å². The average molecular weight is 702 g/mol. The van der Waals surface area contributed by atoms with Crippen molar-refractivity contribution in [3.8, 4) is 0 Å². The lowest BCUT2D eigenvalue weighted by Crippen LogP contribution is -2.59. The van der Waals surface area contributed by atoms with Crippen LogP contribution in [0.3, 0.4) is 0 Å². The fourth-order valence-corrected chi connectivity index (χ4v) is 7.81. The Kier molecular flexibility index (Phi) is 8.27. The molecule has 0 amide bonds. The minimum absolute atomic E-state index is 0.0381. The van der Waals surface area contributed by atoms with Crippen LogP contribution < -0.4 is 17.0 Å². The van der Waals surface area contributed by atoms with E-state index in [4.69, 9.17) is 23.5 Å². The van der Waals surface area contributed by atoms with Crippen molar-refractivity contribution in [1.82, 2.24) is 9.55 Å². The van der Waals surface area contributed by atoms with Crippen LogP contribution in [-0.2, 0) is 27.9 Å². The van der Waals surface area contributed by atoms with Gasteiger partial charge in [0.1, 0.15) is 12.2 Å². The molecule has 2 aliphatic rings. The molecule has 1 spiro atoms. The van der Waals surface area contributed by atoms with Crippen LogP contribution in [0.5, 0.6) is 0 Å². The van der Waals surface area contributed by atoms with E-state index in [2.05, 4.69) is 38.8 Å². The number of nitrogens with zero attached hydrogens (tertiary/aromatic N) is 1. The summed E-state index contributed by atoms with van der Waals surface area (Å²) in [6.45, 7) is 20.5. The number of nitrogens with one attached hydrogen (secondary N) is 1. The lowest BCUT2D eigenvalue weighted by atomic mass is 9.89. The quantitative estimate of drug-likeness (QED) is 0.259. The van der Waals surface area contributed by atoms with Gasteiger partial charge in [-0.3, -0.25) is 14.3 Å². The maximum absolute atomic E-state index is 13.0. The van der Waals surface area contributed by atoms with E-state index in [0.717, 1.165) is 5.41 Å². The zero-order valence-corrected chi connectivity index (χ0v) is 28.6. The summed E-state index contributed by atoms with van der Waals surface area (Å²) in [5.41, 5.74) is 3.31. The molecule has 15 heteroatoms. The van der Waals surface area contributed by atoms with Crippen LogP contribution in [0, 0.1) is 3.57 Å². The van der Waals surface area contributed by atoms with E-state index >= 15 is 0 Å². The van der Waals surface area contributed by atoms with E-state index in [0.29, 0.717) is 0 Å². The summed E-state index contributed by atoms with van der Waals surface area (Å²) >= 11 is 1.82. The first-order valence-corrected chi connectivity index (χ1v) is 20.7. The number of hydrogen-bond donors (Lipinski definition) is 2. The molecule has 38 heavy (non-hydrogen) atoms. The van der Waals surface area contributed by atoms with Gasteiger partial charge in [0.05, 0.1) is 21.3 Å². The topological polar surface area (TPSA) is 152 Å². The molecule has 2 aliphatic heterocycles. The second-order valence-electron chi connectivity index (χ2n) is 13.0. The number of nitrogens with two attached hydrogens (primary N) is 1. The first-order valence-electron chi connectivity index (χ1n) is 12.4. The van der Waals surface area contributed by atoms with Gasteiger partial charge in [-0.05, 0) is 58.9 Å². The van der Waals surface area contributed by atoms with Crippen molar-refractivity contribution in [3.63, 3.8) is 0 Å². The first-order chi connectivity index (χ1) is 17.0. The van der Waals surface area contributed by atoms with Crippen LogP contribution in [-0.4, -0.2) is 59.0 Å². The molecule has 3 N–H and O–H groups in total. The summed E-state index contributed by atoms with van der Waals surface area (Å²) < 4.78 is 52.5. The van der Waals surface area contributed by atoms with Gasteiger partial charge in [0.2, 0.25) is 0 Å². The second-order valence-corrected chi connectivity index (χ2v) is 25.1. The summed E-state index contributed by atoms with van der Waals surface area (Å²) in [5, 5.41) is 0.458. The van der Waals surface area contributed by atoms with Crippen molar-refractivity contribution in [2.75, 3.05) is 6.61 Å². The van der Waals surface area contributed by atoms with E-state index in [1.165, 1.54) is 10.8 Å². The predicted octanol–water partition coefficient (Wildman–Crippen LogP) is 3.35. The summed E-state index contributed by atoms with van der Waals surface area (Å²) in [5.74, 6) is 0. The van der Waals surface area contributed by atoms with Gasteiger partial charge in [-0.15, -0.1) is 0 Å². The van der Waals surface area contributed by atoms with Crippen molar-refractivity contribution in [2.24, 2.45) is 5.73 Å². The molecule has 1 aromatic rings. The molecule has 3 rings (SSSR count). The standard InChI is InChI=1S/C23H40IN3O8SSi2/c1-21(2,3)37(7,8)32-12-16-23(15(25)13-36(30,31)35-23)17(34-38(9,10)22(4,5)6)19(33-16)27-11-14(24)18(28)26-20(27)29/h11,13,16-17,19H,12,25H2,1-10H3,(H,26,28,29)/t16-,17+,19-,23?/m1/s1. The van der Waals surface area contributed by atoms with Gasteiger partial charge < -0.3 is 19.3 Å². The van der Waals surface area contributed by atoms with Gasteiger partial charge in [-0.2, -0.15) is 8.42 Å². The number of ether oxygens (including phenoxy) is 1. The minimum atomic E-state index is -4.18. The Bertz CT molecular complexity index is 1340. The molecule has 1 saturated heterocycles. The Morgan fingerprint density at radius 3 is 2.13 bits per heavy atom. The second kappa shape index (κ2) is 9.92. The Labute approximate surface area is 240 Å². The van der Waals surface area contributed by atoms with E-state index in [-0.39, 0.29) is 26.0 Å². The molecular formula is C23H40IN3O8SSi2. The fourth-order valence-electron chi connectivity index (χ4n) is 3.86. The van der Waals surface area contributed by atoms with Crippen LogP contribution in [0.2, 0.25) is 36.3 Å². The van der Waals surface area contributed by atoms with E-state index < -0.39 is 62.0 Å². The van der Waals surface area contributed by atoms with Crippen LogP contribution in [0.4, 0.5) is 0 Å². The molecule has 11 nitrogen and oxygen atoms in total. The molecule has 0 radical (unpaired) electrons. The zero-order valence-electron chi connectivity index (χ0n) is 23.7. The van der Waals surface area contributed by atoms with Crippen molar-refractivity contribution in [1.29, 1.82) is 0 Å². The molecule has 0 aliphatic carbocycles. The molecule has 216 valence electrons. The zero-order chi connectivity index (χ0) is 29.3. The maximum Gasteiger partial charge on any atom is 0.330 e.